The van der Waals surface area contributed by atoms with Gasteiger partial charge in [-0.05, 0) is 12.8 Å². The van der Waals surface area contributed by atoms with Gasteiger partial charge in [0.2, 0.25) is 5.91 Å². The molecule has 0 aromatic carbocycles. The number of rotatable bonds is 51. The van der Waals surface area contributed by atoms with Gasteiger partial charge >= 0.3 is 0 Å². The SMILES string of the molecule is CCCCCCCCCCCCCCCCCCCCCCCCCCCCCCCCCCCCC(=O)N[C@@H](CO[C@@H]1O[C@H](CO)[C@H](O)C(O)C1O)[C@H](O)CCCCCCCCCCC. The van der Waals surface area contributed by atoms with Crippen LogP contribution < -0.4 is 5.32 Å². The summed E-state index contributed by atoms with van der Waals surface area (Å²) in [5.74, 6) is -0.139. The van der Waals surface area contributed by atoms with Crippen LogP contribution in [0.2, 0.25) is 0 Å². The van der Waals surface area contributed by atoms with Crippen LogP contribution in [0, 0.1) is 0 Å². The Hall–Kier alpha value is -0.810. The predicted molar refractivity (Wildman–Crippen MR) is 277 cm³/mol. The second-order valence-corrected chi connectivity index (χ2v) is 20.8. The van der Waals surface area contributed by atoms with Crippen molar-refractivity contribution in [2.24, 2.45) is 0 Å². The molecule has 1 fully saturated rings. The second-order valence-electron chi connectivity index (χ2n) is 20.8. The van der Waals surface area contributed by atoms with Crippen LogP contribution >= 0.6 is 0 Å². The summed E-state index contributed by atoms with van der Waals surface area (Å²) in [5, 5.41) is 54.4. The van der Waals surface area contributed by atoms with E-state index in [-0.39, 0.29) is 12.5 Å². The molecule has 1 heterocycles. The average Bonchev–Trinajstić information content (AvgIpc) is 3.32. The Morgan fingerprint density at radius 3 is 1.08 bits per heavy atom. The van der Waals surface area contributed by atoms with Crippen LogP contribution in [0.15, 0.2) is 0 Å². The van der Waals surface area contributed by atoms with Gasteiger partial charge in [-0.15, -0.1) is 0 Å². The molecular weight excluding hydrogens is 827 g/mol. The Labute approximate surface area is 408 Å². The van der Waals surface area contributed by atoms with Crippen LogP contribution in [-0.2, 0) is 14.3 Å². The molecule has 0 aromatic rings. The smallest absolute Gasteiger partial charge is 0.220 e. The first-order valence-corrected chi connectivity index (χ1v) is 29.2. The van der Waals surface area contributed by atoms with Gasteiger partial charge in [-0.3, -0.25) is 4.79 Å². The maximum absolute atomic E-state index is 13.0. The molecule has 0 aromatic heterocycles. The molecule has 2 unspecified atom stereocenters. The number of hydrogen-bond donors (Lipinski definition) is 6. The van der Waals surface area contributed by atoms with Gasteiger partial charge in [-0.1, -0.05) is 284 Å². The minimum absolute atomic E-state index is 0.132. The van der Waals surface area contributed by atoms with E-state index >= 15 is 0 Å². The Morgan fingerprint density at radius 2 is 0.758 bits per heavy atom. The molecule has 7 atom stereocenters. The number of nitrogens with one attached hydrogen (secondary N) is 1. The van der Waals surface area contributed by atoms with E-state index < -0.39 is 49.5 Å². The largest absolute Gasteiger partial charge is 0.394 e. The maximum atomic E-state index is 13.0. The molecule has 1 saturated heterocycles. The summed E-state index contributed by atoms with van der Waals surface area (Å²) in [6, 6.07) is -0.711. The number of carbonyl (C=O) groups excluding carboxylic acids is 1. The molecule has 0 radical (unpaired) electrons. The fourth-order valence-electron chi connectivity index (χ4n) is 9.81. The van der Waals surface area contributed by atoms with Crippen molar-refractivity contribution in [1.29, 1.82) is 0 Å². The van der Waals surface area contributed by atoms with E-state index in [2.05, 4.69) is 19.2 Å². The van der Waals surface area contributed by atoms with Crippen molar-refractivity contribution in [3.05, 3.63) is 0 Å². The minimum Gasteiger partial charge on any atom is -0.394 e. The number of aliphatic hydroxyl groups is 5. The van der Waals surface area contributed by atoms with Crippen LogP contribution in [0.3, 0.4) is 0 Å². The molecule has 1 amide bonds. The highest BCUT2D eigenvalue weighted by Crippen LogP contribution is 2.23. The standard InChI is InChI=1S/C57H113NO8/c1-3-5-7-9-11-13-14-15-16-17-18-19-20-21-22-23-24-25-26-27-28-29-30-31-32-33-34-35-36-37-39-41-43-45-47-53(61)58-50(51(60)46-44-42-40-38-12-10-8-6-4-2)49-65-57-56(64)55(63)54(62)52(48-59)66-57/h50-52,54-57,59-60,62-64H,3-49H2,1-2H3,(H,58,61)/t50-,51+,52+,54-,55?,56?,57+/m0/s1. The van der Waals surface area contributed by atoms with Crippen LogP contribution in [0.25, 0.3) is 0 Å². The lowest BCUT2D eigenvalue weighted by Gasteiger charge is -2.40. The molecule has 394 valence electrons. The minimum atomic E-state index is -1.55. The highest BCUT2D eigenvalue weighted by Gasteiger charge is 2.44. The van der Waals surface area contributed by atoms with E-state index in [0.717, 1.165) is 38.5 Å². The molecule has 9 nitrogen and oxygen atoms in total. The molecule has 0 aliphatic carbocycles. The van der Waals surface area contributed by atoms with E-state index in [9.17, 15) is 30.3 Å². The molecule has 1 aliphatic rings. The summed E-state index contributed by atoms with van der Waals surface area (Å²) in [7, 11) is 0. The molecule has 0 spiro atoms. The number of ether oxygens (including phenoxy) is 2. The van der Waals surface area contributed by atoms with Crippen LogP contribution in [0.5, 0.6) is 0 Å². The first kappa shape index (κ1) is 63.2. The quantitative estimate of drug-likeness (QED) is 0.0330. The summed E-state index contributed by atoms with van der Waals surface area (Å²) in [6.45, 7) is 3.84. The van der Waals surface area contributed by atoms with Crippen molar-refractivity contribution >= 4 is 5.91 Å². The van der Waals surface area contributed by atoms with Crippen molar-refractivity contribution in [2.45, 2.75) is 346 Å². The van der Waals surface area contributed by atoms with Crippen molar-refractivity contribution in [3.8, 4) is 0 Å². The fourth-order valence-corrected chi connectivity index (χ4v) is 9.81. The Bertz CT molecular complexity index is 1000. The molecule has 0 bridgehead atoms. The van der Waals surface area contributed by atoms with E-state index in [1.165, 1.54) is 238 Å². The third-order valence-corrected chi connectivity index (χ3v) is 14.5. The number of amides is 1. The molecule has 6 N–H and O–H groups in total. The van der Waals surface area contributed by atoms with Gasteiger partial charge in [0, 0.05) is 6.42 Å². The molecule has 1 rings (SSSR count). The Kier molecular flexibility index (Phi) is 45.8. The van der Waals surface area contributed by atoms with E-state index in [0.29, 0.717) is 12.8 Å². The van der Waals surface area contributed by atoms with Crippen molar-refractivity contribution in [2.75, 3.05) is 13.2 Å². The van der Waals surface area contributed by atoms with Gasteiger partial charge < -0.3 is 40.3 Å². The van der Waals surface area contributed by atoms with Gasteiger partial charge in [-0.25, -0.2) is 0 Å². The molecule has 9 heteroatoms. The first-order valence-electron chi connectivity index (χ1n) is 29.2. The summed E-state index contributed by atoms with van der Waals surface area (Å²) < 4.78 is 11.3. The van der Waals surface area contributed by atoms with Gasteiger partial charge in [0.15, 0.2) is 6.29 Å². The number of aliphatic hydroxyl groups excluding tert-OH is 5. The lowest BCUT2D eigenvalue weighted by atomic mass is 9.99. The van der Waals surface area contributed by atoms with Crippen molar-refractivity contribution in [3.63, 3.8) is 0 Å². The van der Waals surface area contributed by atoms with E-state index in [4.69, 9.17) is 9.47 Å². The Balaban J connectivity index is 2.01. The lowest BCUT2D eigenvalue weighted by Crippen LogP contribution is -2.60. The predicted octanol–water partition coefficient (Wildman–Crippen LogP) is 14.2. The van der Waals surface area contributed by atoms with Gasteiger partial charge in [0.25, 0.3) is 0 Å². The van der Waals surface area contributed by atoms with Gasteiger partial charge in [0.1, 0.15) is 24.4 Å². The van der Waals surface area contributed by atoms with Crippen LogP contribution in [-0.4, -0.2) is 87.5 Å². The Morgan fingerprint density at radius 1 is 0.455 bits per heavy atom. The lowest BCUT2D eigenvalue weighted by molar-refractivity contribution is -0.302. The summed E-state index contributed by atoms with van der Waals surface area (Å²) in [6.07, 6.45) is 50.4. The third-order valence-electron chi connectivity index (χ3n) is 14.5. The normalized spacial score (nSPS) is 19.7. The molecular formula is C57H113NO8. The summed E-state index contributed by atoms with van der Waals surface area (Å²) >= 11 is 0. The topological polar surface area (TPSA) is 149 Å². The third kappa shape index (κ3) is 37.1. The monoisotopic (exact) mass is 940 g/mol. The fraction of sp³-hybridized carbons (Fsp3) is 0.982. The molecule has 0 saturated carbocycles. The maximum Gasteiger partial charge on any atom is 0.220 e. The highest BCUT2D eigenvalue weighted by molar-refractivity contribution is 5.76. The van der Waals surface area contributed by atoms with Gasteiger partial charge in [0.05, 0.1) is 25.4 Å². The molecule has 1 aliphatic heterocycles. The van der Waals surface area contributed by atoms with Gasteiger partial charge in [-0.2, -0.15) is 0 Å². The number of unbranched alkanes of at least 4 members (excludes halogenated alkanes) is 41. The second kappa shape index (κ2) is 47.8. The van der Waals surface area contributed by atoms with Crippen LogP contribution in [0.4, 0.5) is 0 Å². The zero-order valence-corrected chi connectivity index (χ0v) is 43.7. The summed E-state index contributed by atoms with van der Waals surface area (Å²) in [4.78, 5) is 13.0. The molecule has 66 heavy (non-hydrogen) atoms. The number of hydrogen-bond acceptors (Lipinski definition) is 8. The number of carbonyl (C=O) groups is 1. The van der Waals surface area contributed by atoms with E-state index in [1.807, 2.05) is 0 Å². The zero-order valence-electron chi connectivity index (χ0n) is 43.7. The first-order chi connectivity index (χ1) is 32.3. The zero-order chi connectivity index (χ0) is 48.0. The summed E-state index contributed by atoms with van der Waals surface area (Å²) in [5.41, 5.74) is 0. The highest BCUT2D eigenvalue weighted by atomic mass is 16.7. The van der Waals surface area contributed by atoms with Crippen molar-refractivity contribution in [1.82, 2.24) is 5.32 Å². The van der Waals surface area contributed by atoms with E-state index in [1.54, 1.807) is 0 Å². The average molecular weight is 941 g/mol. The van der Waals surface area contributed by atoms with Crippen molar-refractivity contribution < 1.29 is 39.8 Å². The van der Waals surface area contributed by atoms with Crippen LogP contribution in [0.1, 0.15) is 303 Å².